The number of carbonyl (C=O) groups is 2. The Labute approximate surface area is 175 Å². The second kappa shape index (κ2) is 10.1. The minimum Gasteiger partial charge on any atom is -0.477 e. The zero-order valence-electron chi connectivity index (χ0n) is 16.1. The van der Waals surface area contributed by atoms with Crippen molar-refractivity contribution >= 4 is 29.6 Å². The van der Waals surface area contributed by atoms with Crippen LogP contribution in [-0.4, -0.2) is 17.0 Å². The van der Waals surface area contributed by atoms with Gasteiger partial charge in [0.05, 0.1) is 5.02 Å². The van der Waals surface area contributed by atoms with Crippen molar-refractivity contribution in [3.63, 3.8) is 0 Å². The molecule has 29 heavy (non-hydrogen) atoms. The Hall–Kier alpha value is -2.79. The zero-order valence-corrected chi connectivity index (χ0v) is 16.8. The summed E-state index contributed by atoms with van der Waals surface area (Å²) in [4.78, 5) is 23.7. The Morgan fingerprint density at radius 2 is 1.79 bits per heavy atom. The largest absolute Gasteiger partial charge is 0.477 e. The molecular formula is C23H24ClNO4. The highest BCUT2D eigenvalue weighted by molar-refractivity contribution is 6.32. The molecule has 0 bridgehead atoms. The lowest BCUT2D eigenvalue weighted by Crippen LogP contribution is -2.27. The number of hydrogen-bond acceptors (Lipinski definition) is 3. The first-order valence-electron chi connectivity index (χ1n) is 9.78. The van der Waals surface area contributed by atoms with Gasteiger partial charge in [0.15, 0.2) is 0 Å². The predicted octanol–water partition coefficient (Wildman–Crippen LogP) is 5.64. The van der Waals surface area contributed by atoms with Gasteiger partial charge in [-0.1, -0.05) is 61.5 Å². The number of rotatable bonds is 8. The van der Waals surface area contributed by atoms with Gasteiger partial charge in [0.2, 0.25) is 5.91 Å². The Kier molecular flexibility index (Phi) is 7.30. The number of nitrogens with one attached hydrogen (secondary N) is 1. The Morgan fingerprint density at radius 3 is 2.45 bits per heavy atom. The fraction of sp³-hybridized carbons (Fsp3) is 0.304. The van der Waals surface area contributed by atoms with Gasteiger partial charge in [0.25, 0.3) is 0 Å². The average Bonchev–Trinajstić information content (AvgIpc) is 3.23. The van der Waals surface area contributed by atoms with Gasteiger partial charge >= 0.3 is 5.97 Å². The lowest BCUT2D eigenvalue weighted by molar-refractivity contribution is -0.134. The van der Waals surface area contributed by atoms with Crippen molar-refractivity contribution in [1.82, 2.24) is 5.32 Å². The summed E-state index contributed by atoms with van der Waals surface area (Å²) in [5, 5.41) is 12.5. The Bertz CT molecular complexity index is 886. The van der Waals surface area contributed by atoms with E-state index in [4.69, 9.17) is 16.3 Å². The monoisotopic (exact) mass is 413 g/mol. The smallest absolute Gasteiger partial charge is 0.352 e. The highest BCUT2D eigenvalue weighted by Crippen LogP contribution is 2.29. The molecule has 2 aromatic carbocycles. The predicted molar refractivity (Wildman–Crippen MR) is 113 cm³/mol. The Balaban J connectivity index is 1.61. The third-order valence-electron chi connectivity index (χ3n) is 5.01. The number of halogens is 1. The summed E-state index contributed by atoms with van der Waals surface area (Å²) in [6, 6.07) is 14.0. The summed E-state index contributed by atoms with van der Waals surface area (Å²) in [6.45, 7) is 0. The lowest BCUT2D eigenvalue weighted by atomic mass is 10.0. The number of aliphatic carboxylic acids is 1. The van der Waals surface area contributed by atoms with Crippen LogP contribution in [0, 0.1) is 5.92 Å². The second-order valence-corrected chi connectivity index (χ2v) is 7.61. The van der Waals surface area contributed by atoms with Crippen LogP contribution in [0.3, 0.4) is 0 Å². The molecule has 2 aromatic rings. The van der Waals surface area contributed by atoms with Crippen LogP contribution in [0.5, 0.6) is 11.5 Å². The second-order valence-electron chi connectivity index (χ2n) is 7.20. The van der Waals surface area contributed by atoms with E-state index in [9.17, 15) is 14.7 Å². The molecule has 0 unspecified atom stereocenters. The van der Waals surface area contributed by atoms with Gasteiger partial charge in [-0.15, -0.1) is 0 Å². The maximum Gasteiger partial charge on any atom is 0.352 e. The standard InChI is InChI=1S/C23H24ClNO4/c24-19-7-3-4-8-21(19)29-18-12-9-17(10-13-18)15-20(23(27)28)25-22(26)14-11-16-5-1-2-6-16/h3-4,7-10,12-13,15-16H,1-2,5-6,11,14H2,(H,25,26)(H,27,28)/b20-15-. The van der Waals surface area contributed by atoms with Gasteiger partial charge in [-0.25, -0.2) is 4.79 Å². The van der Waals surface area contributed by atoms with E-state index in [1.54, 1.807) is 36.4 Å². The lowest BCUT2D eigenvalue weighted by Gasteiger charge is -2.10. The van der Waals surface area contributed by atoms with Crippen molar-refractivity contribution in [2.24, 2.45) is 5.92 Å². The van der Waals surface area contributed by atoms with Gasteiger partial charge in [0, 0.05) is 6.42 Å². The first kappa shape index (κ1) is 20.9. The molecule has 0 aromatic heterocycles. The van der Waals surface area contributed by atoms with Crippen LogP contribution in [0.4, 0.5) is 0 Å². The number of amides is 1. The van der Waals surface area contributed by atoms with E-state index < -0.39 is 5.97 Å². The van der Waals surface area contributed by atoms with E-state index in [1.807, 2.05) is 12.1 Å². The molecule has 1 fully saturated rings. The van der Waals surface area contributed by atoms with Gasteiger partial charge in [-0.05, 0) is 48.2 Å². The van der Waals surface area contributed by atoms with E-state index in [-0.39, 0.29) is 11.6 Å². The molecular weight excluding hydrogens is 390 g/mol. The van der Waals surface area contributed by atoms with E-state index in [0.717, 1.165) is 19.3 Å². The molecule has 1 amide bonds. The fourth-order valence-corrected chi connectivity index (χ4v) is 3.63. The summed E-state index contributed by atoms with van der Waals surface area (Å²) >= 11 is 6.08. The summed E-state index contributed by atoms with van der Waals surface area (Å²) in [5.74, 6) is 0.273. The summed E-state index contributed by atoms with van der Waals surface area (Å²) in [6.07, 6.45) is 7.38. The molecule has 0 radical (unpaired) electrons. The number of carboxylic acid groups (broad SMARTS) is 1. The van der Waals surface area contributed by atoms with Crippen LogP contribution >= 0.6 is 11.6 Å². The maximum absolute atomic E-state index is 12.1. The zero-order chi connectivity index (χ0) is 20.6. The third kappa shape index (κ3) is 6.36. The summed E-state index contributed by atoms with van der Waals surface area (Å²) < 4.78 is 5.72. The highest BCUT2D eigenvalue weighted by atomic mass is 35.5. The fourth-order valence-electron chi connectivity index (χ4n) is 3.45. The number of carbonyl (C=O) groups excluding carboxylic acids is 1. The van der Waals surface area contributed by atoms with Crippen molar-refractivity contribution in [1.29, 1.82) is 0 Å². The number of benzene rings is 2. The minimum atomic E-state index is -1.17. The minimum absolute atomic E-state index is 0.138. The quantitative estimate of drug-likeness (QED) is 0.549. The molecule has 5 nitrogen and oxygen atoms in total. The Morgan fingerprint density at radius 1 is 1.10 bits per heavy atom. The van der Waals surface area contributed by atoms with Crippen molar-refractivity contribution in [2.75, 3.05) is 0 Å². The molecule has 1 aliphatic carbocycles. The number of carboxylic acids is 1. The van der Waals surface area contributed by atoms with Gasteiger partial charge in [0.1, 0.15) is 17.2 Å². The van der Waals surface area contributed by atoms with E-state index >= 15 is 0 Å². The molecule has 0 atom stereocenters. The molecule has 3 rings (SSSR count). The maximum atomic E-state index is 12.1. The molecule has 0 heterocycles. The van der Waals surface area contributed by atoms with E-state index in [0.29, 0.717) is 34.4 Å². The molecule has 0 saturated heterocycles. The topological polar surface area (TPSA) is 75.6 Å². The SMILES string of the molecule is O=C(CCC1CCCC1)N/C(=C\c1ccc(Oc2ccccc2Cl)cc1)C(=O)O. The summed E-state index contributed by atoms with van der Waals surface area (Å²) in [7, 11) is 0. The van der Waals surface area contributed by atoms with Crippen LogP contribution < -0.4 is 10.1 Å². The number of para-hydroxylation sites is 1. The van der Waals surface area contributed by atoms with Crippen molar-refractivity contribution in [3.05, 3.63) is 64.8 Å². The molecule has 1 aliphatic rings. The molecule has 6 heteroatoms. The molecule has 2 N–H and O–H groups in total. The van der Waals surface area contributed by atoms with Gasteiger partial charge in [-0.2, -0.15) is 0 Å². The molecule has 0 aliphatic heterocycles. The number of hydrogen-bond donors (Lipinski definition) is 2. The number of ether oxygens (including phenoxy) is 1. The van der Waals surface area contributed by atoms with Crippen LogP contribution in [0.15, 0.2) is 54.2 Å². The van der Waals surface area contributed by atoms with Gasteiger partial charge in [-0.3, -0.25) is 4.79 Å². The molecule has 1 saturated carbocycles. The van der Waals surface area contributed by atoms with E-state index in [1.165, 1.54) is 18.9 Å². The third-order valence-corrected chi connectivity index (χ3v) is 5.33. The highest BCUT2D eigenvalue weighted by Gasteiger charge is 2.17. The first-order valence-corrected chi connectivity index (χ1v) is 10.2. The normalized spacial score (nSPS) is 14.6. The molecule has 152 valence electrons. The van der Waals surface area contributed by atoms with Crippen molar-refractivity contribution in [3.8, 4) is 11.5 Å². The van der Waals surface area contributed by atoms with Crippen LogP contribution in [0.25, 0.3) is 6.08 Å². The summed E-state index contributed by atoms with van der Waals surface area (Å²) in [5.41, 5.74) is 0.506. The van der Waals surface area contributed by atoms with Crippen LogP contribution in [0.1, 0.15) is 44.1 Å². The average molecular weight is 414 g/mol. The van der Waals surface area contributed by atoms with Crippen LogP contribution in [-0.2, 0) is 9.59 Å². The van der Waals surface area contributed by atoms with Crippen molar-refractivity contribution in [2.45, 2.75) is 38.5 Å². The molecule has 0 spiro atoms. The van der Waals surface area contributed by atoms with Gasteiger partial charge < -0.3 is 15.2 Å². The van der Waals surface area contributed by atoms with Crippen molar-refractivity contribution < 1.29 is 19.4 Å². The van der Waals surface area contributed by atoms with Crippen LogP contribution in [0.2, 0.25) is 5.02 Å². The van der Waals surface area contributed by atoms with E-state index in [2.05, 4.69) is 5.32 Å². The first-order chi connectivity index (χ1) is 14.0.